The number of benzene rings is 3. The van der Waals surface area contributed by atoms with E-state index < -0.39 is 23.5 Å². The van der Waals surface area contributed by atoms with Crippen LogP contribution in [-0.4, -0.2) is 28.8 Å². The van der Waals surface area contributed by atoms with E-state index in [1.807, 2.05) is 28.8 Å². The van der Waals surface area contributed by atoms with Crippen LogP contribution in [0.5, 0.6) is 0 Å². The normalized spacial score (nSPS) is 13.0. The van der Waals surface area contributed by atoms with E-state index in [2.05, 4.69) is 5.32 Å². The summed E-state index contributed by atoms with van der Waals surface area (Å²) in [6, 6.07) is 20.3. The lowest BCUT2D eigenvalue weighted by Gasteiger charge is -2.13. The Hall–Kier alpha value is -4.23. The molecule has 5 rings (SSSR count). The van der Waals surface area contributed by atoms with Gasteiger partial charge in [-0.05, 0) is 53.6 Å². The number of nitrogens with one attached hydrogen (secondary N) is 1. The molecule has 1 aliphatic heterocycles. The van der Waals surface area contributed by atoms with E-state index in [1.54, 1.807) is 36.4 Å². The molecule has 0 radical (unpaired) electrons. The zero-order valence-corrected chi connectivity index (χ0v) is 19.0. The highest BCUT2D eigenvalue weighted by atomic mass is 35.5. The Balaban J connectivity index is 1.68. The summed E-state index contributed by atoms with van der Waals surface area (Å²) in [5.41, 5.74) is 3.11. The van der Waals surface area contributed by atoms with Gasteiger partial charge < -0.3 is 14.6 Å². The Morgan fingerprint density at radius 3 is 2.40 bits per heavy atom. The zero-order chi connectivity index (χ0) is 24.5. The van der Waals surface area contributed by atoms with Crippen LogP contribution in [0.1, 0.15) is 15.9 Å². The van der Waals surface area contributed by atoms with E-state index in [0.717, 1.165) is 17.2 Å². The molecule has 0 unspecified atom stereocenters. The summed E-state index contributed by atoms with van der Waals surface area (Å²) >= 11 is 6.05. The van der Waals surface area contributed by atoms with Crippen molar-refractivity contribution in [3.63, 3.8) is 0 Å². The number of rotatable bonds is 6. The highest BCUT2D eigenvalue weighted by Crippen LogP contribution is 2.35. The lowest BCUT2D eigenvalue weighted by molar-refractivity contribution is -0.135. The minimum Gasteiger partial charge on any atom is -0.456 e. The highest BCUT2D eigenvalue weighted by Gasteiger charge is 2.29. The highest BCUT2D eigenvalue weighted by molar-refractivity contribution is 6.46. The average Bonchev–Trinajstić information content (AvgIpc) is 3.41. The third kappa shape index (κ3) is 4.46. The molecule has 0 fully saturated rings. The average molecular weight is 489 g/mol. The number of amides is 1. The minimum absolute atomic E-state index is 0.110. The quantitative estimate of drug-likeness (QED) is 0.238. The Bertz CT molecular complexity index is 1500. The maximum absolute atomic E-state index is 13.7. The van der Waals surface area contributed by atoms with E-state index in [1.165, 1.54) is 12.1 Å². The summed E-state index contributed by atoms with van der Waals surface area (Å²) in [7, 11) is 0. The molecule has 3 aromatic carbocycles. The third-order valence-electron chi connectivity index (χ3n) is 5.71. The van der Waals surface area contributed by atoms with Gasteiger partial charge in [0.1, 0.15) is 12.4 Å². The Morgan fingerprint density at radius 2 is 1.71 bits per heavy atom. The number of para-hydroxylation sites is 1. The number of cyclic esters (lactones) is 1. The van der Waals surface area contributed by atoms with Gasteiger partial charge in [0.15, 0.2) is 0 Å². The number of carbonyl (C=O) groups excluding carboxylic acids is 3. The number of Topliss-reactive ketones (excluding diaryl/α,β-unsaturated/α-hetero) is 1. The van der Waals surface area contributed by atoms with Crippen LogP contribution in [0.4, 0.5) is 4.39 Å². The number of fused-ring (bicyclic) bond motifs is 1. The molecule has 1 N–H and O–H groups in total. The van der Waals surface area contributed by atoms with E-state index >= 15 is 0 Å². The van der Waals surface area contributed by atoms with Crippen molar-refractivity contribution in [3.8, 4) is 11.3 Å². The van der Waals surface area contributed by atoms with Crippen LogP contribution in [0.15, 0.2) is 84.6 Å². The molecule has 35 heavy (non-hydrogen) atoms. The van der Waals surface area contributed by atoms with Crippen LogP contribution < -0.4 is 5.32 Å². The van der Waals surface area contributed by atoms with Gasteiger partial charge in [0.25, 0.3) is 11.7 Å². The van der Waals surface area contributed by atoms with Gasteiger partial charge in [0.05, 0.1) is 17.0 Å². The standard InChI is InChI=1S/C27H18ClFN2O4/c28-18-9-5-16(6-10-18)14-31-22-4-2-1-3-21(22)24(25(31)17-7-11-19(29)12-8-17)26(33)27(34)30-20-13-23(32)35-15-20/h1-13H,14-15H2,(H,30,34). The van der Waals surface area contributed by atoms with E-state index in [4.69, 9.17) is 16.3 Å². The number of nitrogens with zero attached hydrogens (tertiary/aromatic N) is 1. The number of hydrogen-bond donors (Lipinski definition) is 1. The molecule has 0 saturated carbocycles. The first-order valence-corrected chi connectivity index (χ1v) is 11.1. The summed E-state index contributed by atoms with van der Waals surface area (Å²) in [5.74, 6) is -2.68. The van der Waals surface area contributed by atoms with E-state index in [0.29, 0.717) is 28.2 Å². The smallest absolute Gasteiger partial charge is 0.333 e. The van der Waals surface area contributed by atoms with Crippen LogP contribution in [-0.2, 0) is 20.9 Å². The molecule has 4 aromatic rings. The maximum atomic E-state index is 13.7. The van der Waals surface area contributed by atoms with Gasteiger partial charge in [0, 0.05) is 28.5 Å². The maximum Gasteiger partial charge on any atom is 0.333 e. The number of halogens is 2. The number of esters is 1. The molecule has 174 valence electrons. The molecule has 0 bridgehead atoms. The largest absolute Gasteiger partial charge is 0.456 e. The molecular weight excluding hydrogens is 471 g/mol. The molecule has 6 nitrogen and oxygen atoms in total. The first-order valence-electron chi connectivity index (χ1n) is 10.8. The van der Waals surface area contributed by atoms with Crippen LogP contribution >= 0.6 is 11.6 Å². The topological polar surface area (TPSA) is 77.4 Å². The number of aromatic nitrogens is 1. The number of hydrogen-bond acceptors (Lipinski definition) is 4. The summed E-state index contributed by atoms with van der Waals surface area (Å²) < 4.78 is 20.5. The first-order chi connectivity index (χ1) is 16.9. The van der Waals surface area contributed by atoms with Crippen molar-refractivity contribution in [1.29, 1.82) is 0 Å². The van der Waals surface area contributed by atoms with Gasteiger partial charge in [-0.3, -0.25) is 9.59 Å². The fraction of sp³-hybridized carbons (Fsp3) is 0.0741. The SMILES string of the molecule is O=C1C=C(NC(=O)C(=O)c2c(-c3ccc(F)cc3)n(Cc3ccc(Cl)cc3)c3ccccc23)CO1. The summed E-state index contributed by atoms with van der Waals surface area (Å²) in [4.78, 5) is 37.8. The monoisotopic (exact) mass is 488 g/mol. The molecule has 0 aliphatic carbocycles. The first kappa shape index (κ1) is 22.6. The van der Waals surface area contributed by atoms with Gasteiger partial charge in [-0.15, -0.1) is 0 Å². The second kappa shape index (κ2) is 9.19. The van der Waals surface area contributed by atoms with Gasteiger partial charge in [0.2, 0.25) is 0 Å². The number of ether oxygens (including phenoxy) is 1. The van der Waals surface area contributed by atoms with Crippen molar-refractivity contribution in [2.24, 2.45) is 0 Å². The summed E-state index contributed by atoms with van der Waals surface area (Å²) in [5, 5.41) is 3.64. The predicted octanol–water partition coefficient (Wildman–Crippen LogP) is 4.89. The molecule has 1 amide bonds. The molecule has 1 aliphatic rings. The number of carbonyl (C=O) groups is 3. The van der Waals surface area contributed by atoms with Gasteiger partial charge in [-0.1, -0.05) is 41.9 Å². The predicted molar refractivity (Wildman–Crippen MR) is 129 cm³/mol. The van der Waals surface area contributed by atoms with Crippen LogP contribution in [0.25, 0.3) is 22.2 Å². The molecule has 0 saturated heterocycles. The summed E-state index contributed by atoms with van der Waals surface area (Å²) in [6.45, 7) is 0.272. The summed E-state index contributed by atoms with van der Waals surface area (Å²) in [6.07, 6.45) is 1.13. The second-order valence-electron chi connectivity index (χ2n) is 8.02. The van der Waals surface area contributed by atoms with Gasteiger partial charge >= 0.3 is 5.97 Å². The molecule has 1 aromatic heterocycles. The lowest BCUT2D eigenvalue weighted by Crippen LogP contribution is -2.31. The van der Waals surface area contributed by atoms with Crippen molar-refractivity contribution in [2.45, 2.75) is 6.54 Å². The van der Waals surface area contributed by atoms with Crippen molar-refractivity contribution in [3.05, 3.63) is 107 Å². The van der Waals surface area contributed by atoms with E-state index in [9.17, 15) is 18.8 Å². The molecule has 0 spiro atoms. The van der Waals surface area contributed by atoms with Crippen molar-refractivity contribution in [1.82, 2.24) is 9.88 Å². The lowest BCUT2D eigenvalue weighted by atomic mass is 10.0. The molecule has 0 atom stereocenters. The van der Waals surface area contributed by atoms with Crippen molar-refractivity contribution >= 4 is 40.2 Å². The zero-order valence-electron chi connectivity index (χ0n) is 18.3. The third-order valence-corrected chi connectivity index (χ3v) is 5.96. The minimum atomic E-state index is -0.896. The fourth-order valence-electron chi connectivity index (χ4n) is 4.14. The molecule has 8 heteroatoms. The number of ketones is 1. The Kier molecular flexibility index (Phi) is 5.93. The van der Waals surface area contributed by atoms with Crippen LogP contribution in [0.2, 0.25) is 5.02 Å². The molecular formula is C27H18ClFN2O4. The van der Waals surface area contributed by atoms with Crippen LogP contribution in [0.3, 0.4) is 0 Å². The van der Waals surface area contributed by atoms with Crippen LogP contribution in [0, 0.1) is 5.82 Å². The molecule has 2 heterocycles. The van der Waals surface area contributed by atoms with Gasteiger partial charge in [-0.2, -0.15) is 0 Å². The Morgan fingerprint density at radius 1 is 1.00 bits per heavy atom. The fourth-order valence-corrected chi connectivity index (χ4v) is 4.27. The Labute approximate surface area is 204 Å². The second-order valence-corrected chi connectivity index (χ2v) is 8.46. The van der Waals surface area contributed by atoms with E-state index in [-0.39, 0.29) is 17.9 Å². The van der Waals surface area contributed by atoms with Crippen molar-refractivity contribution in [2.75, 3.05) is 6.61 Å². The van der Waals surface area contributed by atoms with Crippen molar-refractivity contribution < 1.29 is 23.5 Å². The van der Waals surface area contributed by atoms with Gasteiger partial charge in [-0.25, -0.2) is 9.18 Å².